The first-order chi connectivity index (χ1) is 19.5. The Morgan fingerprint density at radius 3 is 2.58 bits per heavy atom. The zero-order chi connectivity index (χ0) is 27.9. The lowest BCUT2D eigenvalue weighted by Gasteiger charge is -2.42. The summed E-state index contributed by atoms with van der Waals surface area (Å²) in [5.74, 6) is 1.81. The van der Waals surface area contributed by atoms with Crippen molar-refractivity contribution in [3.63, 3.8) is 0 Å². The summed E-state index contributed by atoms with van der Waals surface area (Å²) in [6, 6.07) is 18.1. The Kier molecular flexibility index (Phi) is 8.19. The molecule has 0 spiro atoms. The molecule has 1 aliphatic rings. The molecule has 0 saturated carbocycles. The van der Waals surface area contributed by atoms with Crippen LogP contribution >= 0.6 is 0 Å². The maximum absolute atomic E-state index is 13.3. The number of amides is 3. The van der Waals surface area contributed by atoms with Gasteiger partial charge in [0.25, 0.3) is 0 Å². The summed E-state index contributed by atoms with van der Waals surface area (Å²) >= 11 is 0. The van der Waals surface area contributed by atoms with Gasteiger partial charge in [-0.15, -0.1) is 0 Å². The summed E-state index contributed by atoms with van der Waals surface area (Å²) in [5.41, 5.74) is 1.69. The lowest BCUT2D eigenvalue weighted by atomic mass is 10.1. The smallest absolute Gasteiger partial charge is 0.321 e. The minimum atomic E-state index is -0.302. The number of nitrogens with one attached hydrogen (secondary N) is 2. The zero-order valence-electron chi connectivity index (χ0n) is 22.5. The highest BCUT2D eigenvalue weighted by Crippen LogP contribution is 2.23. The Bertz CT molecular complexity index is 1410. The first kappa shape index (κ1) is 26.7. The van der Waals surface area contributed by atoms with Crippen molar-refractivity contribution < 1.29 is 14.3 Å². The van der Waals surface area contributed by atoms with E-state index in [9.17, 15) is 9.59 Å². The van der Waals surface area contributed by atoms with Gasteiger partial charge in [0.1, 0.15) is 17.9 Å². The first-order valence-electron chi connectivity index (χ1n) is 13.1. The van der Waals surface area contributed by atoms with E-state index in [-0.39, 0.29) is 30.4 Å². The molecule has 1 saturated heterocycles. The van der Waals surface area contributed by atoms with Crippen LogP contribution in [0.2, 0.25) is 0 Å². The molecule has 2 unspecified atom stereocenters. The topological polar surface area (TPSA) is 118 Å². The summed E-state index contributed by atoms with van der Waals surface area (Å²) < 4.78 is 6.97. The molecule has 0 aliphatic carbocycles. The van der Waals surface area contributed by atoms with Gasteiger partial charge in [-0.1, -0.05) is 30.3 Å². The number of hydrogen-bond acceptors (Lipinski definition) is 7. The highest BCUT2D eigenvalue weighted by Gasteiger charge is 2.32. The van der Waals surface area contributed by atoms with E-state index in [2.05, 4.69) is 25.5 Å². The van der Waals surface area contributed by atoms with Gasteiger partial charge in [-0.3, -0.25) is 9.36 Å². The van der Waals surface area contributed by atoms with Crippen molar-refractivity contribution in [1.82, 2.24) is 29.7 Å². The van der Waals surface area contributed by atoms with Crippen molar-refractivity contribution in [3.8, 4) is 11.7 Å². The molecule has 3 heterocycles. The standard InChI is InChI=1S/C29H32N8O3/c1-21(22-8-10-25(40-2)11-9-22)32-27(38)18-24-19-35(29(39)33-23-6-4-3-5-7-23)16-17-37(24)26-12-13-31-28(34-26)36-15-14-30-20-36/h3-15,20-21,24H,16-19H2,1-2H3,(H,32,38)(H,33,39). The van der Waals surface area contributed by atoms with Crippen LogP contribution in [0.5, 0.6) is 5.75 Å². The summed E-state index contributed by atoms with van der Waals surface area (Å²) in [6.07, 6.45) is 6.94. The molecule has 2 aromatic heterocycles. The molecular weight excluding hydrogens is 508 g/mol. The lowest BCUT2D eigenvalue weighted by molar-refractivity contribution is -0.122. The maximum atomic E-state index is 13.3. The average Bonchev–Trinajstić information content (AvgIpc) is 3.53. The van der Waals surface area contributed by atoms with E-state index < -0.39 is 0 Å². The quantitative estimate of drug-likeness (QED) is 0.350. The Hall–Kier alpha value is -4.93. The molecule has 0 radical (unpaired) electrons. The molecule has 1 fully saturated rings. The van der Waals surface area contributed by atoms with Crippen LogP contribution in [0.1, 0.15) is 24.9 Å². The fourth-order valence-electron chi connectivity index (χ4n) is 4.73. The molecule has 2 aromatic carbocycles. The maximum Gasteiger partial charge on any atom is 0.321 e. The van der Waals surface area contributed by atoms with Crippen LogP contribution in [0.25, 0.3) is 5.95 Å². The molecule has 5 rings (SSSR count). The van der Waals surface area contributed by atoms with Crippen LogP contribution in [0.3, 0.4) is 0 Å². The zero-order valence-corrected chi connectivity index (χ0v) is 22.5. The first-order valence-corrected chi connectivity index (χ1v) is 13.1. The molecule has 11 nitrogen and oxygen atoms in total. The molecule has 11 heteroatoms. The number of benzene rings is 2. The highest BCUT2D eigenvalue weighted by atomic mass is 16.5. The Morgan fingerprint density at radius 1 is 1.05 bits per heavy atom. The van der Waals surface area contributed by atoms with Crippen molar-refractivity contribution in [3.05, 3.63) is 91.1 Å². The summed E-state index contributed by atoms with van der Waals surface area (Å²) in [5, 5.41) is 6.05. The van der Waals surface area contributed by atoms with Gasteiger partial charge in [0, 0.05) is 50.3 Å². The number of para-hydroxylation sites is 1. The van der Waals surface area contributed by atoms with Gasteiger partial charge in [0.2, 0.25) is 11.9 Å². The van der Waals surface area contributed by atoms with Crippen LogP contribution in [0.4, 0.5) is 16.3 Å². The number of piperazine rings is 1. The molecule has 2 N–H and O–H groups in total. The van der Waals surface area contributed by atoms with Crippen LogP contribution in [-0.2, 0) is 4.79 Å². The SMILES string of the molecule is COc1ccc(C(C)NC(=O)CC2CN(C(=O)Nc3ccccc3)CCN2c2ccnc(-n3ccnc3)n2)cc1. The third kappa shape index (κ3) is 6.37. The second kappa shape index (κ2) is 12.3. The second-order valence-electron chi connectivity index (χ2n) is 9.54. The van der Waals surface area contributed by atoms with Gasteiger partial charge in [-0.2, -0.15) is 4.98 Å². The Morgan fingerprint density at radius 2 is 1.85 bits per heavy atom. The number of methoxy groups -OCH3 is 1. The van der Waals surface area contributed by atoms with Gasteiger partial charge in [0.05, 0.1) is 19.2 Å². The van der Waals surface area contributed by atoms with Crippen LogP contribution in [0.15, 0.2) is 85.6 Å². The van der Waals surface area contributed by atoms with Crippen molar-refractivity contribution in [2.75, 3.05) is 37.0 Å². The third-order valence-electron chi connectivity index (χ3n) is 6.87. The van der Waals surface area contributed by atoms with Gasteiger partial charge < -0.3 is 25.2 Å². The third-order valence-corrected chi connectivity index (χ3v) is 6.87. The molecule has 1 aliphatic heterocycles. The Labute approximate surface area is 232 Å². The van der Waals surface area contributed by atoms with Crippen molar-refractivity contribution >= 4 is 23.4 Å². The average molecular weight is 541 g/mol. The molecule has 206 valence electrons. The fourth-order valence-corrected chi connectivity index (χ4v) is 4.73. The lowest BCUT2D eigenvalue weighted by Crippen LogP contribution is -2.57. The van der Waals surface area contributed by atoms with Crippen molar-refractivity contribution in [2.24, 2.45) is 0 Å². The van der Waals surface area contributed by atoms with E-state index in [0.29, 0.717) is 31.4 Å². The number of aromatic nitrogens is 4. The molecule has 40 heavy (non-hydrogen) atoms. The highest BCUT2D eigenvalue weighted by molar-refractivity contribution is 5.89. The monoisotopic (exact) mass is 540 g/mol. The number of hydrogen-bond donors (Lipinski definition) is 2. The van der Waals surface area contributed by atoms with E-state index in [1.165, 1.54) is 0 Å². The number of imidazole rings is 1. The van der Waals surface area contributed by atoms with Gasteiger partial charge in [-0.25, -0.2) is 14.8 Å². The van der Waals surface area contributed by atoms with E-state index >= 15 is 0 Å². The number of urea groups is 1. The molecule has 2 atom stereocenters. The number of anilines is 2. The summed E-state index contributed by atoms with van der Waals surface area (Å²) in [4.78, 5) is 43.4. The predicted molar refractivity (Wildman–Crippen MR) is 151 cm³/mol. The molecular formula is C29H32N8O3. The van der Waals surface area contributed by atoms with Crippen LogP contribution < -0.4 is 20.3 Å². The summed E-state index contributed by atoms with van der Waals surface area (Å²) in [7, 11) is 1.62. The minimum absolute atomic E-state index is 0.118. The number of carbonyl (C=O) groups is 2. The van der Waals surface area contributed by atoms with Gasteiger partial charge in [0.15, 0.2) is 0 Å². The number of rotatable bonds is 8. The largest absolute Gasteiger partial charge is 0.497 e. The van der Waals surface area contributed by atoms with E-state index in [1.807, 2.05) is 67.6 Å². The van der Waals surface area contributed by atoms with E-state index in [0.717, 1.165) is 17.0 Å². The van der Waals surface area contributed by atoms with E-state index in [1.54, 1.807) is 41.5 Å². The fraction of sp³-hybridized carbons (Fsp3) is 0.276. The van der Waals surface area contributed by atoms with Crippen LogP contribution in [0, 0.1) is 0 Å². The van der Waals surface area contributed by atoms with Crippen LogP contribution in [-0.4, -0.2) is 69.1 Å². The predicted octanol–water partition coefficient (Wildman–Crippen LogP) is 3.66. The van der Waals surface area contributed by atoms with E-state index in [4.69, 9.17) is 9.72 Å². The van der Waals surface area contributed by atoms with Gasteiger partial charge in [-0.05, 0) is 42.8 Å². The molecule has 4 aromatic rings. The van der Waals surface area contributed by atoms with Crippen molar-refractivity contribution in [2.45, 2.75) is 25.4 Å². The van der Waals surface area contributed by atoms with Gasteiger partial charge >= 0.3 is 6.03 Å². The number of nitrogens with zero attached hydrogens (tertiary/aromatic N) is 6. The Balaban J connectivity index is 1.33. The number of carbonyl (C=O) groups excluding carboxylic acids is 2. The van der Waals surface area contributed by atoms with Crippen molar-refractivity contribution in [1.29, 1.82) is 0 Å². The minimum Gasteiger partial charge on any atom is -0.497 e. The number of ether oxygens (including phenoxy) is 1. The summed E-state index contributed by atoms with van der Waals surface area (Å²) in [6.45, 7) is 3.28. The molecule has 3 amide bonds. The second-order valence-corrected chi connectivity index (χ2v) is 9.54. The normalized spacial score (nSPS) is 15.8. The molecule has 0 bridgehead atoms.